The van der Waals surface area contributed by atoms with Crippen LogP contribution in [0.25, 0.3) is 10.9 Å². The molecule has 190 valence electrons. The van der Waals surface area contributed by atoms with E-state index in [9.17, 15) is 26.3 Å². The van der Waals surface area contributed by atoms with E-state index in [0.29, 0.717) is 40.8 Å². The summed E-state index contributed by atoms with van der Waals surface area (Å²) in [6.45, 7) is 4.21. The fourth-order valence-electron chi connectivity index (χ4n) is 3.67. The molecule has 5 nitrogen and oxygen atoms in total. The van der Waals surface area contributed by atoms with Gasteiger partial charge in [-0.05, 0) is 63.1 Å². The number of anilines is 1. The molecular weight excluding hydrogens is 476 g/mol. The minimum absolute atomic E-state index is 0.0124. The Morgan fingerprint density at radius 2 is 1.66 bits per heavy atom. The molecule has 1 heterocycles. The van der Waals surface area contributed by atoms with Gasteiger partial charge in [0.1, 0.15) is 5.75 Å². The smallest absolute Gasteiger partial charge is 0.416 e. The zero-order valence-corrected chi connectivity index (χ0v) is 19.3. The van der Waals surface area contributed by atoms with Crippen LogP contribution in [-0.2, 0) is 12.4 Å². The first-order valence-corrected chi connectivity index (χ1v) is 10.8. The molecule has 0 amide bonds. The predicted molar refractivity (Wildman–Crippen MR) is 121 cm³/mol. The second kappa shape index (κ2) is 10.2. The summed E-state index contributed by atoms with van der Waals surface area (Å²) in [6.07, 6.45) is -6.90. The zero-order valence-electron chi connectivity index (χ0n) is 19.3. The van der Waals surface area contributed by atoms with Crippen molar-refractivity contribution in [2.75, 3.05) is 19.0 Å². The largest absolute Gasteiger partial charge is 0.493 e. The van der Waals surface area contributed by atoms with Crippen molar-refractivity contribution in [2.45, 2.75) is 45.1 Å². The maximum absolute atomic E-state index is 13.3. The molecule has 1 unspecified atom stereocenters. The molecule has 0 fully saturated rings. The lowest BCUT2D eigenvalue weighted by Crippen LogP contribution is -2.17. The maximum Gasteiger partial charge on any atom is 0.416 e. The molecule has 0 radical (unpaired) electrons. The quantitative estimate of drug-likeness (QED) is 0.328. The average Bonchev–Trinajstić information content (AvgIpc) is 2.77. The van der Waals surface area contributed by atoms with Crippen LogP contribution in [0, 0.1) is 6.92 Å². The van der Waals surface area contributed by atoms with Gasteiger partial charge in [0.25, 0.3) is 0 Å². The third kappa shape index (κ3) is 6.08. The van der Waals surface area contributed by atoms with Gasteiger partial charge in [0.2, 0.25) is 0 Å². The Hall–Kier alpha value is -3.21. The summed E-state index contributed by atoms with van der Waals surface area (Å²) in [5.74, 6) is -0.555. The summed E-state index contributed by atoms with van der Waals surface area (Å²) < 4.78 is 91.1. The first-order chi connectivity index (χ1) is 16.3. The molecular formula is C24H25F6N3O2. The lowest BCUT2D eigenvalue weighted by Gasteiger charge is -2.21. The molecule has 1 atom stereocenters. The van der Waals surface area contributed by atoms with Gasteiger partial charge in [0.15, 0.2) is 11.5 Å². The number of nitrogens with two attached hydrogens (primary N) is 1. The Bertz CT molecular complexity index is 1160. The number of nitrogens with one attached hydrogen (secondary N) is 1. The van der Waals surface area contributed by atoms with E-state index in [2.05, 4.69) is 10.3 Å². The van der Waals surface area contributed by atoms with Crippen molar-refractivity contribution in [3.05, 3.63) is 53.2 Å². The predicted octanol–water partition coefficient (Wildman–Crippen LogP) is 6.92. The number of hydrogen-bond acceptors (Lipinski definition) is 5. The van der Waals surface area contributed by atoms with Gasteiger partial charge in [0.05, 0.1) is 34.8 Å². The van der Waals surface area contributed by atoms with Crippen molar-refractivity contribution < 1.29 is 35.8 Å². The van der Waals surface area contributed by atoms with Crippen LogP contribution in [0.1, 0.15) is 36.5 Å². The summed E-state index contributed by atoms with van der Waals surface area (Å²) in [7, 11) is 1.33. The third-order valence-corrected chi connectivity index (χ3v) is 5.38. The minimum atomic E-state index is -5.00. The molecule has 1 aromatic heterocycles. The van der Waals surface area contributed by atoms with Gasteiger partial charge < -0.3 is 20.5 Å². The third-order valence-electron chi connectivity index (χ3n) is 5.38. The Labute approximate surface area is 198 Å². The number of aromatic nitrogens is 1. The van der Waals surface area contributed by atoms with Crippen molar-refractivity contribution in [1.29, 1.82) is 0 Å². The maximum atomic E-state index is 13.3. The van der Waals surface area contributed by atoms with Crippen molar-refractivity contribution >= 4 is 16.6 Å². The van der Waals surface area contributed by atoms with E-state index in [0.717, 1.165) is 12.8 Å². The van der Waals surface area contributed by atoms with Crippen LogP contribution in [0.5, 0.6) is 17.2 Å². The van der Waals surface area contributed by atoms with Crippen molar-refractivity contribution in [3.63, 3.8) is 0 Å². The van der Waals surface area contributed by atoms with Gasteiger partial charge >= 0.3 is 12.4 Å². The molecule has 0 aliphatic carbocycles. The molecule has 3 N–H and O–H groups in total. The van der Waals surface area contributed by atoms with Gasteiger partial charge in [0, 0.05) is 18.3 Å². The normalized spacial score (nSPS) is 13.1. The average molecular weight is 501 g/mol. The highest BCUT2D eigenvalue weighted by molar-refractivity contribution is 5.99. The fourth-order valence-corrected chi connectivity index (χ4v) is 3.67. The highest BCUT2D eigenvalue weighted by Crippen LogP contribution is 2.45. The SMILES string of the molecule is COc1cc(NC(C)CCCN)c2nccc(C)c2c1Oc1cc(C(F)(F)F)cc(C(F)(F)F)c1. The standard InChI is InChI=1S/C24H25F6N3O2/c1-13-6-8-32-21-18(33-14(2)5-4-7-31)12-19(34-3)22(20(13)21)35-17-10-15(23(25,26)27)9-16(11-17)24(28,29)30/h6,8-12,14,33H,4-5,7,31H2,1-3H3. The van der Waals surface area contributed by atoms with Crippen molar-refractivity contribution in [1.82, 2.24) is 4.98 Å². The zero-order chi connectivity index (χ0) is 26.0. The Kier molecular flexibility index (Phi) is 7.68. The number of rotatable bonds is 8. The van der Waals surface area contributed by atoms with Crippen LogP contribution in [0.3, 0.4) is 0 Å². The molecule has 0 aliphatic heterocycles. The molecule has 0 bridgehead atoms. The number of benzene rings is 2. The molecule has 2 aromatic carbocycles. The summed E-state index contributed by atoms with van der Waals surface area (Å²) in [5.41, 5.74) is 4.28. The lowest BCUT2D eigenvalue weighted by molar-refractivity contribution is -0.143. The van der Waals surface area contributed by atoms with Crippen LogP contribution in [0.15, 0.2) is 36.5 Å². The van der Waals surface area contributed by atoms with Gasteiger partial charge in [-0.1, -0.05) is 0 Å². The molecule has 11 heteroatoms. The lowest BCUT2D eigenvalue weighted by atomic mass is 10.1. The van der Waals surface area contributed by atoms with Crippen molar-refractivity contribution in [2.24, 2.45) is 5.73 Å². The van der Waals surface area contributed by atoms with E-state index in [1.54, 1.807) is 25.3 Å². The topological polar surface area (TPSA) is 69.4 Å². The van der Waals surface area contributed by atoms with Crippen LogP contribution in [0.4, 0.5) is 32.0 Å². The van der Waals surface area contributed by atoms with Crippen LogP contribution in [-0.4, -0.2) is 24.7 Å². The first kappa shape index (κ1) is 26.4. The number of halogens is 6. The number of alkyl halides is 6. The number of methoxy groups -OCH3 is 1. The Balaban J connectivity index is 2.18. The summed E-state index contributed by atoms with van der Waals surface area (Å²) >= 11 is 0. The van der Waals surface area contributed by atoms with Crippen LogP contribution >= 0.6 is 0 Å². The highest BCUT2D eigenvalue weighted by Gasteiger charge is 2.37. The van der Waals surface area contributed by atoms with E-state index in [4.69, 9.17) is 15.2 Å². The highest BCUT2D eigenvalue weighted by atomic mass is 19.4. The molecule has 0 saturated heterocycles. The first-order valence-electron chi connectivity index (χ1n) is 10.8. The van der Waals surface area contributed by atoms with E-state index >= 15 is 0 Å². The van der Waals surface area contributed by atoms with E-state index in [-0.39, 0.29) is 23.6 Å². The number of hydrogen-bond donors (Lipinski definition) is 2. The molecule has 0 spiro atoms. The van der Waals surface area contributed by atoms with Gasteiger partial charge in [-0.15, -0.1) is 0 Å². The summed E-state index contributed by atoms with van der Waals surface area (Å²) in [5, 5.41) is 3.71. The van der Waals surface area contributed by atoms with Gasteiger partial charge in [-0.2, -0.15) is 26.3 Å². The Morgan fingerprint density at radius 1 is 1.03 bits per heavy atom. The van der Waals surface area contributed by atoms with Crippen molar-refractivity contribution in [3.8, 4) is 17.2 Å². The fraction of sp³-hybridized carbons (Fsp3) is 0.375. The molecule has 0 aliphatic rings. The molecule has 3 aromatic rings. The summed E-state index contributed by atoms with van der Waals surface area (Å²) in [4.78, 5) is 4.38. The van der Waals surface area contributed by atoms with Crippen LogP contribution in [0.2, 0.25) is 0 Å². The second-order valence-electron chi connectivity index (χ2n) is 8.13. The Morgan fingerprint density at radius 3 is 2.20 bits per heavy atom. The number of aryl methyl sites for hydroxylation is 1. The molecule has 0 saturated carbocycles. The number of nitrogens with zero attached hydrogens (tertiary/aromatic N) is 1. The molecule has 3 rings (SSSR count). The van der Waals surface area contributed by atoms with Crippen LogP contribution < -0.4 is 20.5 Å². The van der Waals surface area contributed by atoms with E-state index < -0.39 is 29.2 Å². The second-order valence-corrected chi connectivity index (χ2v) is 8.13. The number of pyridine rings is 1. The monoisotopic (exact) mass is 501 g/mol. The molecule has 35 heavy (non-hydrogen) atoms. The van der Waals surface area contributed by atoms with E-state index in [1.807, 2.05) is 6.92 Å². The van der Waals surface area contributed by atoms with Gasteiger partial charge in [-0.3, -0.25) is 4.98 Å². The summed E-state index contributed by atoms with van der Waals surface area (Å²) in [6, 6.07) is 4.31. The van der Waals surface area contributed by atoms with Gasteiger partial charge in [-0.25, -0.2) is 0 Å². The van der Waals surface area contributed by atoms with E-state index in [1.165, 1.54) is 7.11 Å². The minimum Gasteiger partial charge on any atom is -0.493 e. The number of ether oxygens (including phenoxy) is 2. The number of fused-ring (bicyclic) bond motifs is 1.